The number of nitrogens with one attached hydrogen (secondary N) is 1. The molecule has 1 fully saturated rings. The van der Waals surface area contributed by atoms with Crippen molar-refractivity contribution in [3.63, 3.8) is 0 Å². The van der Waals surface area contributed by atoms with Gasteiger partial charge in [-0.25, -0.2) is 0 Å². The summed E-state index contributed by atoms with van der Waals surface area (Å²) in [5.41, 5.74) is 0.949. The van der Waals surface area contributed by atoms with Crippen LogP contribution >= 0.6 is 11.6 Å². The largest absolute Gasteiger partial charge is 0.390 e. The molecule has 20 heavy (non-hydrogen) atoms. The first kappa shape index (κ1) is 15.8. The van der Waals surface area contributed by atoms with Crippen LogP contribution in [0.5, 0.6) is 0 Å². The molecule has 0 bridgehead atoms. The van der Waals surface area contributed by atoms with Crippen molar-refractivity contribution in [1.82, 2.24) is 15.1 Å². The van der Waals surface area contributed by atoms with Crippen LogP contribution in [0.2, 0.25) is 5.02 Å². The number of aromatic nitrogens is 2. The van der Waals surface area contributed by atoms with E-state index < -0.39 is 5.60 Å². The first-order valence-corrected chi connectivity index (χ1v) is 7.54. The molecule has 2 N–H and O–H groups in total. The Morgan fingerprint density at radius 3 is 2.90 bits per heavy atom. The molecule has 0 radical (unpaired) electrons. The predicted molar refractivity (Wildman–Crippen MR) is 79.2 cm³/mol. The third-order valence-corrected chi connectivity index (χ3v) is 4.17. The summed E-state index contributed by atoms with van der Waals surface area (Å²) in [4.78, 5) is 0. The van der Waals surface area contributed by atoms with Gasteiger partial charge in [0.1, 0.15) is 0 Å². The number of aliphatic hydroxyl groups is 1. The highest BCUT2D eigenvalue weighted by atomic mass is 35.5. The van der Waals surface area contributed by atoms with Crippen LogP contribution in [-0.2, 0) is 24.6 Å². The number of aryl methyl sites for hydroxylation is 2. The molecular formula is C14H24ClN3O2. The van der Waals surface area contributed by atoms with Crippen LogP contribution in [0.3, 0.4) is 0 Å². The van der Waals surface area contributed by atoms with Gasteiger partial charge < -0.3 is 15.2 Å². The Morgan fingerprint density at radius 1 is 1.60 bits per heavy atom. The minimum atomic E-state index is -0.833. The monoisotopic (exact) mass is 301 g/mol. The molecule has 0 saturated carbocycles. The molecule has 0 spiro atoms. The fourth-order valence-corrected chi connectivity index (χ4v) is 3.09. The average Bonchev–Trinajstić information content (AvgIpc) is 2.66. The Morgan fingerprint density at radius 2 is 2.35 bits per heavy atom. The van der Waals surface area contributed by atoms with Crippen LogP contribution in [-0.4, -0.2) is 46.3 Å². The first-order chi connectivity index (χ1) is 9.43. The average molecular weight is 302 g/mol. The summed E-state index contributed by atoms with van der Waals surface area (Å²) >= 11 is 6.34. The minimum Gasteiger partial charge on any atom is -0.390 e. The molecule has 6 heteroatoms. The molecule has 2 unspecified atom stereocenters. The predicted octanol–water partition coefficient (Wildman–Crippen LogP) is 1.31. The summed E-state index contributed by atoms with van der Waals surface area (Å²) in [5, 5.41) is 19.1. The highest BCUT2D eigenvalue weighted by Crippen LogP contribution is 2.27. The lowest BCUT2D eigenvalue weighted by molar-refractivity contribution is 0.00549. The molecule has 2 atom stereocenters. The topological polar surface area (TPSA) is 59.3 Å². The molecule has 1 aliphatic heterocycles. The molecule has 0 aromatic carbocycles. The van der Waals surface area contributed by atoms with Crippen LogP contribution in [0.15, 0.2) is 0 Å². The highest BCUT2D eigenvalue weighted by Gasteiger charge is 2.29. The maximum absolute atomic E-state index is 10.7. The molecule has 0 amide bonds. The van der Waals surface area contributed by atoms with Crippen molar-refractivity contribution in [1.29, 1.82) is 0 Å². The number of hydrogen-bond acceptors (Lipinski definition) is 4. The summed E-state index contributed by atoms with van der Waals surface area (Å²) in [6, 6.07) is 0.191. The van der Waals surface area contributed by atoms with Crippen LogP contribution in [0.25, 0.3) is 0 Å². The zero-order valence-electron chi connectivity index (χ0n) is 12.4. The van der Waals surface area contributed by atoms with Crippen molar-refractivity contribution in [2.45, 2.75) is 44.8 Å². The fourth-order valence-electron chi connectivity index (χ4n) is 2.73. The molecule has 5 nitrogen and oxygen atoms in total. The van der Waals surface area contributed by atoms with E-state index in [-0.39, 0.29) is 6.04 Å². The second-order valence-electron chi connectivity index (χ2n) is 5.79. The van der Waals surface area contributed by atoms with Crippen molar-refractivity contribution in [2.75, 3.05) is 19.8 Å². The van der Waals surface area contributed by atoms with E-state index in [1.54, 1.807) is 4.68 Å². The second kappa shape index (κ2) is 6.43. The maximum atomic E-state index is 10.7. The van der Waals surface area contributed by atoms with E-state index in [1.165, 1.54) is 0 Å². The SMILES string of the molecule is CCc1nn(C)c(CC(C)(O)CC2COCCN2)c1Cl. The van der Waals surface area contributed by atoms with Crippen LogP contribution in [0.1, 0.15) is 31.7 Å². The molecule has 1 saturated heterocycles. The summed E-state index contributed by atoms with van der Waals surface area (Å²) in [6.45, 7) is 6.10. The Bertz CT molecular complexity index is 454. The van der Waals surface area contributed by atoms with Gasteiger partial charge in [-0.3, -0.25) is 4.68 Å². The van der Waals surface area contributed by atoms with Gasteiger partial charge in [0.2, 0.25) is 0 Å². The molecule has 1 aromatic rings. The number of morpholine rings is 1. The van der Waals surface area contributed by atoms with Crippen molar-refractivity contribution in [3.8, 4) is 0 Å². The van der Waals surface area contributed by atoms with Gasteiger partial charge in [-0.05, 0) is 19.8 Å². The lowest BCUT2D eigenvalue weighted by atomic mass is 9.91. The van der Waals surface area contributed by atoms with E-state index in [2.05, 4.69) is 10.4 Å². The molecule has 114 valence electrons. The normalized spacial score (nSPS) is 22.8. The smallest absolute Gasteiger partial charge is 0.0850 e. The molecule has 1 aromatic heterocycles. The quantitative estimate of drug-likeness (QED) is 0.861. The maximum Gasteiger partial charge on any atom is 0.0850 e. The Kier molecular flexibility index (Phi) is 5.07. The van der Waals surface area contributed by atoms with Crippen molar-refractivity contribution in [3.05, 3.63) is 16.4 Å². The summed E-state index contributed by atoms with van der Waals surface area (Å²) in [5.74, 6) is 0. The third kappa shape index (κ3) is 3.73. The first-order valence-electron chi connectivity index (χ1n) is 7.16. The Hall–Kier alpha value is -0.620. The second-order valence-corrected chi connectivity index (χ2v) is 6.17. The number of rotatable bonds is 5. The van der Waals surface area contributed by atoms with E-state index >= 15 is 0 Å². The van der Waals surface area contributed by atoms with E-state index in [0.29, 0.717) is 24.5 Å². The fraction of sp³-hybridized carbons (Fsp3) is 0.786. The van der Waals surface area contributed by atoms with Gasteiger partial charge in [-0.1, -0.05) is 18.5 Å². The van der Waals surface area contributed by atoms with Gasteiger partial charge in [0, 0.05) is 26.1 Å². The van der Waals surface area contributed by atoms with Crippen LogP contribution < -0.4 is 5.32 Å². The Balaban J connectivity index is 2.05. The summed E-state index contributed by atoms with van der Waals surface area (Å²) in [6.07, 6.45) is 1.93. The molecule has 2 heterocycles. The third-order valence-electron chi connectivity index (χ3n) is 3.74. The Labute approximate surface area is 125 Å². The molecule has 2 rings (SSSR count). The highest BCUT2D eigenvalue weighted by molar-refractivity contribution is 6.31. The standard InChI is InChI=1S/C14H24ClN3O2/c1-4-11-13(15)12(18(3)17-11)8-14(2,19)7-10-9-20-6-5-16-10/h10,16,19H,4-9H2,1-3H3. The minimum absolute atomic E-state index is 0.191. The van der Waals surface area contributed by atoms with Gasteiger partial charge in [0.05, 0.1) is 35.2 Å². The zero-order valence-corrected chi connectivity index (χ0v) is 13.2. The number of ether oxygens (including phenoxy) is 1. The van der Waals surface area contributed by atoms with E-state index in [4.69, 9.17) is 16.3 Å². The van der Waals surface area contributed by atoms with Gasteiger partial charge in [-0.2, -0.15) is 5.10 Å². The van der Waals surface area contributed by atoms with E-state index in [1.807, 2.05) is 20.9 Å². The van der Waals surface area contributed by atoms with Gasteiger partial charge in [0.25, 0.3) is 0 Å². The number of halogens is 1. The van der Waals surface area contributed by atoms with Gasteiger partial charge in [0.15, 0.2) is 0 Å². The van der Waals surface area contributed by atoms with E-state index in [9.17, 15) is 5.11 Å². The number of nitrogens with zero attached hydrogens (tertiary/aromatic N) is 2. The van der Waals surface area contributed by atoms with Crippen LogP contribution in [0, 0.1) is 0 Å². The van der Waals surface area contributed by atoms with Crippen molar-refractivity contribution < 1.29 is 9.84 Å². The zero-order chi connectivity index (χ0) is 14.8. The molecule has 0 aliphatic carbocycles. The molecular weight excluding hydrogens is 278 g/mol. The van der Waals surface area contributed by atoms with Gasteiger partial charge >= 0.3 is 0 Å². The molecule has 1 aliphatic rings. The van der Waals surface area contributed by atoms with Crippen molar-refractivity contribution in [2.24, 2.45) is 7.05 Å². The lowest BCUT2D eigenvalue weighted by Gasteiger charge is -2.31. The lowest BCUT2D eigenvalue weighted by Crippen LogP contribution is -2.46. The van der Waals surface area contributed by atoms with Gasteiger partial charge in [-0.15, -0.1) is 0 Å². The van der Waals surface area contributed by atoms with E-state index in [0.717, 1.165) is 31.0 Å². The van der Waals surface area contributed by atoms with Crippen LogP contribution in [0.4, 0.5) is 0 Å². The summed E-state index contributed by atoms with van der Waals surface area (Å²) < 4.78 is 7.21. The van der Waals surface area contributed by atoms with Crippen molar-refractivity contribution >= 4 is 11.6 Å². The summed E-state index contributed by atoms with van der Waals surface area (Å²) in [7, 11) is 1.87. The number of hydrogen-bond donors (Lipinski definition) is 2.